The normalized spacial score (nSPS) is 21.2. The number of benzene rings is 2. The summed E-state index contributed by atoms with van der Waals surface area (Å²) in [5, 5.41) is 14.8. The molecule has 3 atom stereocenters. The second-order valence-corrected chi connectivity index (χ2v) is 9.75. The minimum Gasteiger partial charge on any atom is -0.481 e. The molecule has 2 aromatic rings. The molecule has 0 bridgehead atoms. The largest absolute Gasteiger partial charge is 0.481 e. The van der Waals surface area contributed by atoms with Gasteiger partial charge in [-0.25, -0.2) is 4.79 Å². The number of fused-ring (bicyclic) bond motifs is 3. The Hall–Kier alpha value is -3.35. The van der Waals surface area contributed by atoms with E-state index >= 15 is 0 Å². The number of carbonyl (C=O) groups excluding carboxylic acids is 2. The van der Waals surface area contributed by atoms with Crippen molar-refractivity contribution >= 4 is 18.0 Å². The van der Waals surface area contributed by atoms with Crippen molar-refractivity contribution in [2.24, 2.45) is 23.7 Å². The number of aliphatic carboxylic acids is 1. The summed E-state index contributed by atoms with van der Waals surface area (Å²) in [5.41, 5.74) is 4.71. The van der Waals surface area contributed by atoms with E-state index in [-0.39, 0.29) is 42.6 Å². The van der Waals surface area contributed by atoms with Crippen molar-refractivity contribution in [1.82, 2.24) is 10.6 Å². The van der Waals surface area contributed by atoms with E-state index < -0.39 is 12.1 Å². The first kappa shape index (κ1) is 22.4. The van der Waals surface area contributed by atoms with Crippen molar-refractivity contribution in [1.29, 1.82) is 0 Å². The molecule has 1 unspecified atom stereocenters. The van der Waals surface area contributed by atoms with Gasteiger partial charge in [-0.15, -0.1) is 0 Å². The third-order valence-electron chi connectivity index (χ3n) is 7.38. The van der Waals surface area contributed by atoms with Crippen LogP contribution in [0.5, 0.6) is 0 Å². The Morgan fingerprint density at radius 1 is 0.971 bits per heavy atom. The number of hydrogen-bond donors (Lipinski definition) is 3. The van der Waals surface area contributed by atoms with E-state index in [9.17, 15) is 14.4 Å². The topological polar surface area (TPSA) is 105 Å². The van der Waals surface area contributed by atoms with Crippen LogP contribution in [0.4, 0.5) is 4.79 Å². The Morgan fingerprint density at radius 3 is 2.24 bits per heavy atom. The maximum absolute atomic E-state index is 12.4. The molecule has 0 aliphatic heterocycles. The molecule has 3 aliphatic rings. The molecule has 2 amide bonds. The van der Waals surface area contributed by atoms with Gasteiger partial charge in [0.05, 0.1) is 6.42 Å². The van der Waals surface area contributed by atoms with Gasteiger partial charge in [0.25, 0.3) is 0 Å². The lowest BCUT2D eigenvalue weighted by Crippen LogP contribution is -2.34. The average molecular weight is 463 g/mol. The zero-order chi connectivity index (χ0) is 23.7. The standard InChI is InChI=1S/C27H30N2O5/c30-25(31)12-17(16-9-10-16)13-28-26(32)23-11-18(23)14-29-27(33)34-15-24-21-7-3-1-5-19(21)20-6-2-4-8-22(20)24/h1-8,16-18,23-24H,9-15H2,(H,28,32)(H,29,33)(H,30,31)/t17?,18-,23-/m0/s1. The van der Waals surface area contributed by atoms with Crippen LogP contribution in [0.2, 0.25) is 0 Å². The molecule has 0 radical (unpaired) electrons. The van der Waals surface area contributed by atoms with Crippen LogP contribution < -0.4 is 10.6 Å². The molecule has 5 rings (SSSR count). The summed E-state index contributed by atoms with van der Waals surface area (Å²) in [6.07, 6.45) is 2.45. The minimum atomic E-state index is -0.817. The average Bonchev–Trinajstić information content (AvgIpc) is 3.76. The highest BCUT2D eigenvalue weighted by atomic mass is 16.5. The lowest BCUT2D eigenvalue weighted by atomic mass is 9.98. The van der Waals surface area contributed by atoms with E-state index in [1.165, 1.54) is 22.3 Å². The third-order valence-corrected chi connectivity index (χ3v) is 7.38. The minimum absolute atomic E-state index is 0.0117. The van der Waals surface area contributed by atoms with Crippen molar-refractivity contribution in [2.75, 3.05) is 19.7 Å². The number of ether oxygens (including phenoxy) is 1. The number of carbonyl (C=O) groups is 3. The van der Waals surface area contributed by atoms with E-state index in [0.29, 0.717) is 19.0 Å². The number of rotatable bonds is 10. The molecule has 34 heavy (non-hydrogen) atoms. The molecule has 0 spiro atoms. The first-order valence-corrected chi connectivity index (χ1v) is 12.1. The highest BCUT2D eigenvalue weighted by Crippen LogP contribution is 2.44. The van der Waals surface area contributed by atoms with Gasteiger partial charge in [-0.3, -0.25) is 9.59 Å². The Morgan fingerprint density at radius 2 is 1.62 bits per heavy atom. The van der Waals surface area contributed by atoms with Crippen LogP contribution in [0.3, 0.4) is 0 Å². The molecular weight excluding hydrogens is 432 g/mol. The fraction of sp³-hybridized carbons (Fsp3) is 0.444. The smallest absolute Gasteiger partial charge is 0.407 e. The van der Waals surface area contributed by atoms with Crippen LogP contribution in [0.1, 0.15) is 42.7 Å². The van der Waals surface area contributed by atoms with Crippen molar-refractivity contribution in [3.8, 4) is 11.1 Å². The monoisotopic (exact) mass is 462 g/mol. The first-order chi connectivity index (χ1) is 16.5. The zero-order valence-electron chi connectivity index (χ0n) is 19.0. The number of nitrogens with one attached hydrogen (secondary N) is 2. The summed E-state index contributed by atoms with van der Waals surface area (Å²) >= 11 is 0. The summed E-state index contributed by atoms with van der Waals surface area (Å²) in [5.74, 6) is -0.446. The Kier molecular flexibility index (Phi) is 6.26. The predicted molar refractivity (Wildman–Crippen MR) is 126 cm³/mol. The maximum atomic E-state index is 12.4. The van der Waals surface area contributed by atoms with Crippen molar-refractivity contribution in [2.45, 2.75) is 31.6 Å². The van der Waals surface area contributed by atoms with Crippen LogP contribution >= 0.6 is 0 Å². The van der Waals surface area contributed by atoms with Gasteiger partial charge in [0.1, 0.15) is 6.61 Å². The number of alkyl carbamates (subject to hydrolysis) is 1. The Bertz CT molecular complexity index is 1050. The van der Waals surface area contributed by atoms with Crippen LogP contribution in [-0.2, 0) is 14.3 Å². The summed E-state index contributed by atoms with van der Waals surface area (Å²) in [6.45, 7) is 1.08. The molecule has 178 valence electrons. The molecule has 7 nitrogen and oxygen atoms in total. The molecule has 0 heterocycles. The molecule has 0 aromatic heterocycles. The second kappa shape index (κ2) is 9.49. The highest BCUT2D eigenvalue weighted by molar-refractivity contribution is 5.82. The van der Waals surface area contributed by atoms with Crippen molar-refractivity contribution < 1.29 is 24.2 Å². The first-order valence-electron chi connectivity index (χ1n) is 12.1. The van der Waals surface area contributed by atoms with Gasteiger partial charge in [0, 0.05) is 24.9 Å². The molecule has 3 aliphatic carbocycles. The van der Waals surface area contributed by atoms with Gasteiger partial charge in [0.2, 0.25) is 5.91 Å². The predicted octanol–water partition coefficient (Wildman–Crippen LogP) is 3.78. The molecule has 2 fully saturated rings. The van der Waals surface area contributed by atoms with Crippen molar-refractivity contribution in [3.05, 3.63) is 59.7 Å². The van der Waals surface area contributed by atoms with E-state index in [2.05, 4.69) is 34.9 Å². The van der Waals surface area contributed by atoms with Crippen LogP contribution in [0, 0.1) is 23.7 Å². The summed E-state index contributed by atoms with van der Waals surface area (Å²) in [4.78, 5) is 35.8. The van der Waals surface area contributed by atoms with Gasteiger partial charge in [-0.1, -0.05) is 48.5 Å². The van der Waals surface area contributed by atoms with Gasteiger partial charge in [-0.05, 0) is 59.3 Å². The SMILES string of the molecule is O=C(O)CC(CNC(=O)[C@H]1C[C@H]1CNC(=O)OCC1c2ccccc2-c2ccccc21)C1CC1. The van der Waals surface area contributed by atoms with Gasteiger partial charge >= 0.3 is 12.1 Å². The van der Waals surface area contributed by atoms with Gasteiger partial charge in [0.15, 0.2) is 0 Å². The zero-order valence-corrected chi connectivity index (χ0v) is 19.0. The third kappa shape index (κ3) is 4.93. The molecular formula is C27H30N2O5. The highest BCUT2D eigenvalue weighted by Gasteiger charge is 2.43. The van der Waals surface area contributed by atoms with Crippen molar-refractivity contribution in [3.63, 3.8) is 0 Å². The van der Waals surface area contributed by atoms with Crippen LogP contribution in [-0.4, -0.2) is 42.8 Å². The Labute approximate surface area is 198 Å². The quantitative estimate of drug-likeness (QED) is 0.498. The number of hydrogen-bond acceptors (Lipinski definition) is 4. The number of carboxylic acids is 1. The fourth-order valence-electron chi connectivity index (χ4n) is 5.22. The summed E-state index contributed by atoms with van der Waals surface area (Å²) in [6, 6.07) is 16.4. The van der Waals surface area contributed by atoms with E-state index in [0.717, 1.165) is 19.3 Å². The summed E-state index contributed by atoms with van der Waals surface area (Å²) < 4.78 is 5.56. The lowest BCUT2D eigenvalue weighted by Gasteiger charge is -2.15. The van der Waals surface area contributed by atoms with E-state index in [1.54, 1.807) is 0 Å². The fourth-order valence-corrected chi connectivity index (χ4v) is 5.22. The molecule has 0 saturated heterocycles. The lowest BCUT2D eigenvalue weighted by molar-refractivity contribution is -0.138. The maximum Gasteiger partial charge on any atom is 0.407 e. The summed E-state index contributed by atoms with van der Waals surface area (Å²) in [7, 11) is 0. The number of amides is 2. The van der Waals surface area contributed by atoms with Crippen LogP contribution in [0.15, 0.2) is 48.5 Å². The molecule has 3 N–H and O–H groups in total. The molecule has 7 heteroatoms. The Balaban J connectivity index is 1.05. The molecule has 2 saturated carbocycles. The van der Waals surface area contributed by atoms with Gasteiger partial charge < -0.3 is 20.5 Å². The number of carboxylic acid groups (broad SMARTS) is 1. The second-order valence-electron chi connectivity index (χ2n) is 9.75. The van der Waals surface area contributed by atoms with E-state index in [1.807, 2.05) is 24.3 Å². The van der Waals surface area contributed by atoms with Gasteiger partial charge in [-0.2, -0.15) is 0 Å². The molecule has 2 aromatic carbocycles. The van der Waals surface area contributed by atoms with Crippen LogP contribution in [0.25, 0.3) is 11.1 Å². The van der Waals surface area contributed by atoms with E-state index in [4.69, 9.17) is 9.84 Å².